The third-order valence-corrected chi connectivity index (χ3v) is 6.95. The lowest BCUT2D eigenvalue weighted by molar-refractivity contribution is -0.118. The number of carbonyl (C=O) groups is 2. The number of carbonyl (C=O) groups excluding carboxylic acids is 2. The molecule has 2 amide bonds. The standard InChI is InChI=1S/C21H28ClN3O2.ClH/c1-14-4-2-3-11-25(14)20(27)16-6-5-15(12-18(16)22)24-19(26)17-13-21(17)7-9-23-10-8-21;/h5-6,12,14,17,23H,2-4,7-11,13H2,1H3,(H,24,26);1H. The predicted molar refractivity (Wildman–Crippen MR) is 114 cm³/mol. The van der Waals surface area contributed by atoms with E-state index in [4.69, 9.17) is 11.6 Å². The van der Waals surface area contributed by atoms with Crippen LogP contribution >= 0.6 is 24.0 Å². The molecular weight excluding hydrogens is 397 g/mol. The molecule has 2 saturated heterocycles. The Morgan fingerprint density at radius 1 is 1.25 bits per heavy atom. The summed E-state index contributed by atoms with van der Waals surface area (Å²) in [5, 5.41) is 6.77. The van der Waals surface area contributed by atoms with Crippen molar-refractivity contribution in [2.24, 2.45) is 11.3 Å². The summed E-state index contributed by atoms with van der Waals surface area (Å²) in [4.78, 5) is 27.4. The van der Waals surface area contributed by atoms with Gasteiger partial charge < -0.3 is 15.5 Å². The van der Waals surface area contributed by atoms with Gasteiger partial charge in [-0.3, -0.25) is 9.59 Å². The molecule has 154 valence electrons. The Morgan fingerprint density at radius 3 is 2.68 bits per heavy atom. The van der Waals surface area contributed by atoms with Crippen molar-refractivity contribution in [2.75, 3.05) is 25.0 Å². The van der Waals surface area contributed by atoms with Crippen LogP contribution in [0.1, 0.15) is 55.8 Å². The average molecular weight is 426 g/mol. The molecule has 28 heavy (non-hydrogen) atoms. The minimum atomic E-state index is -0.0130. The van der Waals surface area contributed by atoms with E-state index in [-0.39, 0.29) is 41.6 Å². The van der Waals surface area contributed by atoms with Gasteiger partial charge in [0.15, 0.2) is 0 Å². The van der Waals surface area contributed by atoms with Crippen LogP contribution in [-0.4, -0.2) is 42.4 Å². The summed E-state index contributed by atoms with van der Waals surface area (Å²) in [6, 6.07) is 5.49. The van der Waals surface area contributed by atoms with Crippen molar-refractivity contribution in [3.63, 3.8) is 0 Å². The van der Waals surface area contributed by atoms with E-state index in [0.717, 1.165) is 51.7 Å². The predicted octanol–water partition coefficient (Wildman–Crippen LogP) is 4.10. The molecule has 1 aromatic carbocycles. The first kappa shape index (κ1) is 21.4. The fourth-order valence-electron chi connectivity index (χ4n) is 4.75. The number of piperidine rings is 2. The molecule has 7 heteroatoms. The smallest absolute Gasteiger partial charge is 0.255 e. The molecule has 0 bridgehead atoms. The molecule has 4 rings (SSSR count). The van der Waals surface area contributed by atoms with Gasteiger partial charge in [0.2, 0.25) is 5.91 Å². The zero-order valence-corrected chi connectivity index (χ0v) is 17.9. The summed E-state index contributed by atoms with van der Waals surface area (Å²) in [5.41, 5.74) is 1.40. The zero-order chi connectivity index (χ0) is 19.0. The Kier molecular flexibility index (Phi) is 6.58. The van der Waals surface area contributed by atoms with Crippen LogP contribution < -0.4 is 10.6 Å². The number of anilines is 1. The van der Waals surface area contributed by atoms with Crippen molar-refractivity contribution in [1.82, 2.24) is 10.2 Å². The number of amides is 2. The maximum absolute atomic E-state index is 12.8. The monoisotopic (exact) mass is 425 g/mol. The number of nitrogens with one attached hydrogen (secondary N) is 2. The van der Waals surface area contributed by atoms with Crippen LogP contribution in [0.15, 0.2) is 18.2 Å². The lowest BCUT2D eigenvalue weighted by Gasteiger charge is -2.33. The van der Waals surface area contributed by atoms with Crippen LogP contribution in [0.3, 0.4) is 0 Å². The number of likely N-dealkylation sites (tertiary alicyclic amines) is 1. The van der Waals surface area contributed by atoms with E-state index in [1.165, 1.54) is 6.42 Å². The average Bonchev–Trinajstić information content (AvgIpc) is 3.35. The largest absolute Gasteiger partial charge is 0.336 e. The van der Waals surface area contributed by atoms with Gasteiger partial charge in [0, 0.05) is 24.2 Å². The van der Waals surface area contributed by atoms with E-state index in [9.17, 15) is 9.59 Å². The van der Waals surface area contributed by atoms with E-state index in [0.29, 0.717) is 16.3 Å². The fraction of sp³-hybridized carbons (Fsp3) is 0.619. The molecular formula is C21H29Cl2N3O2. The van der Waals surface area contributed by atoms with Gasteiger partial charge in [-0.25, -0.2) is 0 Å². The molecule has 2 unspecified atom stereocenters. The Morgan fingerprint density at radius 2 is 2.00 bits per heavy atom. The number of rotatable bonds is 3. The van der Waals surface area contributed by atoms with Crippen LogP contribution in [0, 0.1) is 11.3 Å². The zero-order valence-electron chi connectivity index (χ0n) is 16.3. The fourth-order valence-corrected chi connectivity index (χ4v) is 5.01. The van der Waals surface area contributed by atoms with Crippen molar-refractivity contribution >= 4 is 41.5 Å². The third kappa shape index (κ3) is 4.17. The number of hydrogen-bond donors (Lipinski definition) is 2. The van der Waals surface area contributed by atoms with Gasteiger partial charge in [0.25, 0.3) is 5.91 Å². The molecule has 5 nitrogen and oxygen atoms in total. The number of hydrogen-bond acceptors (Lipinski definition) is 3. The molecule has 1 aliphatic carbocycles. The Balaban J connectivity index is 0.00000225. The third-order valence-electron chi connectivity index (χ3n) is 6.64. The van der Waals surface area contributed by atoms with Crippen LogP contribution in [0.5, 0.6) is 0 Å². The number of nitrogens with zero attached hydrogens (tertiary/aromatic N) is 1. The lowest BCUT2D eigenvalue weighted by atomic mass is 9.92. The lowest BCUT2D eigenvalue weighted by Crippen LogP contribution is -2.42. The van der Waals surface area contributed by atoms with Gasteiger partial charge in [-0.2, -0.15) is 0 Å². The van der Waals surface area contributed by atoms with Gasteiger partial charge >= 0.3 is 0 Å². The molecule has 0 aromatic heterocycles. The van der Waals surface area contributed by atoms with Crippen molar-refractivity contribution in [1.29, 1.82) is 0 Å². The molecule has 2 aliphatic heterocycles. The van der Waals surface area contributed by atoms with Gasteiger partial charge in [-0.05, 0) is 82.2 Å². The topological polar surface area (TPSA) is 61.4 Å². The Hall–Kier alpha value is -1.30. The summed E-state index contributed by atoms with van der Waals surface area (Å²) in [6.07, 6.45) is 6.39. The molecule has 1 spiro atoms. The van der Waals surface area contributed by atoms with Gasteiger partial charge in [-0.1, -0.05) is 11.6 Å². The first-order valence-corrected chi connectivity index (χ1v) is 10.5. The van der Waals surface area contributed by atoms with Crippen LogP contribution in [0.2, 0.25) is 5.02 Å². The highest BCUT2D eigenvalue weighted by atomic mass is 35.5. The van der Waals surface area contributed by atoms with Crippen molar-refractivity contribution in [3.05, 3.63) is 28.8 Å². The van der Waals surface area contributed by atoms with Crippen LogP contribution in [0.4, 0.5) is 5.69 Å². The van der Waals surface area contributed by atoms with E-state index in [1.807, 2.05) is 4.90 Å². The van der Waals surface area contributed by atoms with Crippen LogP contribution in [-0.2, 0) is 4.79 Å². The van der Waals surface area contributed by atoms with Gasteiger partial charge in [-0.15, -0.1) is 12.4 Å². The summed E-state index contributed by atoms with van der Waals surface area (Å²) in [6.45, 7) is 4.88. The molecule has 0 radical (unpaired) electrons. The Labute approximate surface area is 178 Å². The number of halogens is 2. The minimum Gasteiger partial charge on any atom is -0.336 e. The van der Waals surface area contributed by atoms with Crippen molar-refractivity contribution in [2.45, 2.75) is 51.5 Å². The SMILES string of the molecule is CC1CCCCN1C(=O)c1ccc(NC(=O)C2CC23CCNCC3)cc1Cl.Cl. The molecule has 3 aliphatic rings. The molecule has 3 fully saturated rings. The second kappa shape index (κ2) is 8.60. The number of benzene rings is 1. The van der Waals surface area contributed by atoms with Crippen LogP contribution in [0.25, 0.3) is 0 Å². The summed E-state index contributed by atoms with van der Waals surface area (Å²) in [7, 11) is 0. The molecule has 1 aromatic rings. The summed E-state index contributed by atoms with van der Waals surface area (Å²) < 4.78 is 0. The Bertz CT molecular complexity index is 749. The van der Waals surface area contributed by atoms with E-state index < -0.39 is 0 Å². The quantitative estimate of drug-likeness (QED) is 0.765. The highest BCUT2D eigenvalue weighted by molar-refractivity contribution is 6.34. The maximum atomic E-state index is 12.8. The van der Waals surface area contributed by atoms with Gasteiger partial charge in [0.05, 0.1) is 10.6 Å². The molecule has 2 atom stereocenters. The minimum absolute atomic E-state index is 0. The molecule has 2 N–H and O–H groups in total. The summed E-state index contributed by atoms with van der Waals surface area (Å²) >= 11 is 6.40. The van der Waals surface area contributed by atoms with E-state index in [1.54, 1.807) is 18.2 Å². The van der Waals surface area contributed by atoms with Crippen molar-refractivity contribution < 1.29 is 9.59 Å². The molecule has 2 heterocycles. The normalized spacial score (nSPS) is 25.7. The second-order valence-corrected chi connectivity index (χ2v) is 8.80. The van der Waals surface area contributed by atoms with Gasteiger partial charge in [0.1, 0.15) is 0 Å². The second-order valence-electron chi connectivity index (χ2n) is 8.40. The van der Waals surface area contributed by atoms with E-state index >= 15 is 0 Å². The molecule has 1 saturated carbocycles. The van der Waals surface area contributed by atoms with E-state index in [2.05, 4.69) is 17.6 Å². The maximum Gasteiger partial charge on any atom is 0.255 e. The highest BCUT2D eigenvalue weighted by Crippen LogP contribution is 2.58. The first-order chi connectivity index (χ1) is 13.0. The first-order valence-electron chi connectivity index (χ1n) is 10.1. The van der Waals surface area contributed by atoms with Crippen molar-refractivity contribution in [3.8, 4) is 0 Å². The highest BCUT2D eigenvalue weighted by Gasteiger charge is 2.57. The summed E-state index contributed by atoms with van der Waals surface area (Å²) in [5.74, 6) is 0.173.